The second-order valence-electron chi connectivity index (χ2n) is 13.2. The fourth-order valence-corrected chi connectivity index (χ4v) is 7.80. The third kappa shape index (κ3) is 4.39. The first-order valence-electron chi connectivity index (χ1n) is 17.4. The third-order valence-electron chi connectivity index (χ3n) is 10.2. The first-order chi connectivity index (χ1) is 25.8. The molecule has 0 atom stereocenters. The van der Waals surface area contributed by atoms with Crippen molar-refractivity contribution in [2.24, 2.45) is 0 Å². The largest absolute Gasteiger partial charge is 0.456 e. The molecule has 0 aliphatic rings. The number of aromatic nitrogens is 4. The number of furan rings is 1. The molecule has 0 spiro atoms. The van der Waals surface area contributed by atoms with E-state index in [9.17, 15) is 0 Å². The average Bonchev–Trinajstić information content (AvgIpc) is 3.75. The molecule has 5 heteroatoms. The number of fused-ring (bicyclic) bond motifs is 9. The molecule has 0 amide bonds. The van der Waals surface area contributed by atoms with E-state index in [0.29, 0.717) is 17.5 Å². The molecule has 0 saturated carbocycles. The van der Waals surface area contributed by atoms with Crippen LogP contribution in [0.3, 0.4) is 0 Å². The summed E-state index contributed by atoms with van der Waals surface area (Å²) in [6.07, 6.45) is 0. The second-order valence-corrected chi connectivity index (χ2v) is 13.2. The molecule has 52 heavy (non-hydrogen) atoms. The molecule has 0 aliphatic heterocycles. The summed E-state index contributed by atoms with van der Waals surface area (Å²) in [7, 11) is 0. The van der Waals surface area contributed by atoms with Crippen LogP contribution in [-0.4, -0.2) is 19.5 Å². The van der Waals surface area contributed by atoms with Crippen LogP contribution < -0.4 is 0 Å². The van der Waals surface area contributed by atoms with Gasteiger partial charge in [-0.2, -0.15) is 0 Å². The average molecular weight is 665 g/mol. The number of hydrogen-bond acceptors (Lipinski definition) is 4. The smallest absolute Gasteiger partial charge is 0.164 e. The maximum Gasteiger partial charge on any atom is 0.164 e. The van der Waals surface area contributed by atoms with E-state index in [1.807, 2.05) is 30.3 Å². The fourth-order valence-electron chi connectivity index (χ4n) is 7.80. The van der Waals surface area contributed by atoms with E-state index in [2.05, 4.69) is 144 Å². The highest BCUT2D eigenvalue weighted by Crippen LogP contribution is 2.41. The van der Waals surface area contributed by atoms with E-state index in [-0.39, 0.29) is 0 Å². The van der Waals surface area contributed by atoms with Crippen LogP contribution in [-0.2, 0) is 0 Å². The molecule has 0 radical (unpaired) electrons. The number of rotatable bonds is 4. The summed E-state index contributed by atoms with van der Waals surface area (Å²) >= 11 is 0. The van der Waals surface area contributed by atoms with Crippen molar-refractivity contribution in [1.82, 2.24) is 19.5 Å². The lowest BCUT2D eigenvalue weighted by Gasteiger charge is -2.10. The minimum absolute atomic E-state index is 0.589. The summed E-state index contributed by atoms with van der Waals surface area (Å²) in [5.74, 6) is 1.82. The van der Waals surface area contributed by atoms with Crippen molar-refractivity contribution in [1.29, 1.82) is 0 Å². The molecule has 11 rings (SSSR count). The molecule has 8 aromatic carbocycles. The Kier molecular flexibility index (Phi) is 6.18. The van der Waals surface area contributed by atoms with Gasteiger partial charge >= 0.3 is 0 Å². The van der Waals surface area contributed by atoms with Crippen LogP contribution in [0.2, 0.25) is 0 Å². The molecule has 0 unspecified atom stereocenters. The minimum Gasteiger partial charge on any atom is -0.456 e. The van der Waals surface area contributed by atoms with Crippen LogP contribution in [0.25, 0.3) is 105 Å². The molecule has 3 aromatic heterocycles. The Balaban J connectivity index is 1.18. The Bertz CT molecular complexity index is 3180. The van der Waals surface area contributed by atoms with Gasteiger partial charge in [-0.25, -0.2) is 15.0 Å². The lowest BCUT2D eigenvalue weighted by Crippen LogP contribution is -2.00. The van der Waals surface area contributed by atoms with Crippen molar-refractivity contribution in [3.63, 3.8) is 0 Å². The van der Waals surface area contributed by atoms with Gasteiger partial charge in [0.2, 0.25) is 0 Å². The van der Waals surface area contributed by atoms with Crippen LogP contribution in [0.5, 0.6) is 0 Å². The summed E-state index contributed by atoms with van der Waals surface area (Å²) in [6.45, 7) is 0. The summed E-state index contributed by atoms with van der Waals surface area (Å²) in [6, 6.07) is 59.2. The molecule has 0 fully saturated rings. The van der Waals surface area contributed by atoms with E-state index in [0.717, 1.165) is 71.5 Å². The first kappa shape index (κ1) is 28.7. The van der Waals surface area contributed by atoms with Crippen molar-refractivity contribution < 1.29 is 4.42 Å². The summed E-state index contributed by atoms with van der Waals surface area (Å²) in [5, 5.41) is 9.13. The van der Waals surface area contributed by atoms with Crippen LogP contribution in [0.1, 0.15) is 0 Å². The summed E-state index contributed by atoms with van der Waals surface area (Å²) in [5.41, 5.74) is 7.75. The number of hydrogen-bond donors (Lipinski definition) is 0. The third-order valence-corrected chi connectivity index (χ3v) is 10.2. The zero-order valence-electron chi connectivity index (χ0n) is 27.9. The lowest BCUT2D eigenvalue weighted by atomic mass is 10.0. The fraction of sp³-hybridized carbons (Fsp3) is 0. The maximum atomic E-state index is 6.46. The Morgan fingerprint density at radius 3 is 1.88 bits per heavy atom. The highest BCUT2D eigenvalue weighted by atomic mass is 16.3. The van der Waals surface area contributed by atoms with Crippen molar-refractivity contribution in [3.05, 3.63) is 170 Å². The topological polar surface area (TPSA) is 56.7 Å². The summed E-state index contributed by atoms with van der Waals surface area (Å²) < 4.78 is 8.83. The zero-order chi connectivity index (χ0) is 34.2. The van der Waals surface area contributed by atoms with Crippen molar-refractivity contribution in [2.45, 2.75) is 0 Å². The van der Waals surface area contributed by atoms with Gasteiger partial charge in [0.15, 0.2) is 17.5 Å². The van der Waals surface area contributed by atoms with Crippen LogP contribution in [0.15, 0.2) is 174 Å². The van der Waals surface area contributed by atoms with E-state index < -0.39 is 0 Å². The molecule has 11 aromatic rings. The van der Waals surface area contributed by atoms with E-state index in [4.69, 9.17) is 19.4 Å². The highest BCUT2D eigenvalue weighted by molar-refractivity contribution is 6.22. The number of nitrogens with zero attached hydrogens (tertiary/aromatic N) is 4. The van der Waals surface area contributed by atoms with E-state index in [1.165, 1.54) is 16.2 Å². The standard InChI is InChI=1S/C47H28N4O/c1-3-13-30(14-4-1)45-48-46(33-23-24-36-39-26-31-15-7-8-16-32(31)27-42(39)52-41(36)28-33)50-47(49-45)38-20-11-21-40-43(38)37-25-22-29-12-9-10-19-35(29)44(37)51(40)34-17-5-2-6-18-34/h1-28H. The molecule has 3 heterocycles. The second kappa shape index (κ2) is 11.2. The molecular weight excluding hydrogens is 637 g/mol. The predicted octanol–water partition coefficient (Wildman–Crippen LogP) is 12.2. The Hall–Kier alpha value is -7.11. The maximum absolute atomic E-state index is 6.46. The van der Waals surface area contributed by atoms with Crippen molar-refractivity contribution >= 4 is 65.3 Å². The van der Waals surface area contributed by atoms with Crippen LogP contribution >= 0.6 is 0 Å². The zero-order valence-corrected chi connectivity index (χ0v) is 27.9. The van der Waals surface area contributed by atoms with Gasteiger partial charge in [0.25, 0.3) is 0 Å². The van der Waals surface area contributed by atoms with E-state index >= 15 is 0 Å². The SMILES string of the molecule is c1ccc(-c2nc(-c3ccc4c(c3)oc3cc5ccccc5cc34)nc(-c3cccc4c3c3ccc5ccccc5c3n4-c3ccccc3)n2)cc1. The molecule has 5 nitrogen and oxygen atoms in total. The normalized spacial score (nSPS) is 11.8. The van der Waals surface area contributed by atoms with Crippen molar-refractivity contribution in [2.75, 3.05) is 0 Å². The van der Waals surface area contributed by atoms with Gasteiger partial charge in [-0.05, 0) is 58.6 Å². The molecule has 0 aliphatic carbocycles. The minimum atomic E-state index is 0.589. The Morgan fingerprint density at radius 2 is 1.06 bits per heavy atom. The molecule has 242 valence electrons. The van der Waals surface area contributed by atoms with Gasteiger partial charge in [0, 0.05) is 49.3 Å². The van der Waals surface area contributed by atoms with Crippen LogP contribution in [0.4, 0.5) is 0 Å². The number of benzene rings is 8. The summed E-state index contributed by atoms with van der Waals surface area (Å²) in [4.78, 5) is 15.5. The van der Waals surface area contributed by atoms with Gasteiger partial charge in [-0.1, -0.05) is 127 Å². The molecular formula is C47H28N4O. The monoisotopic (exact) mass is 664 g/mol. The van der Waals surface area contributed by atoms with Gasteiger partial charge in [0.1, 0.15) is 11.2 Å². The first-order valence-corrected chi connectivity index (χ1v) is 17.4. The van der Waals surface area contributed by atoms with Crippen molar-refractivity contribution in [3.8, 4) is 39.9 Å². The van der Waals surface area contributed by atoms with Crippen LogP contribution in [0, 0.1) is 0 Å². The van der Waals surface area contributed by atoms with E-state index in [1.54, 1.807) is 0 Å². The Morgan fingerprint density at radius 1 is 0.404 bits per heavy atom. The van der Waals surface area contributed by atoms with Gasteiger partial charge in [-0.3, -0.25) is 0 Å². The Labute approximate surface area is 298 Å². The van der Waals surface area contributed by atoms with Gasteiger partial charge < -0.3 is 8.98 Å². The quantitative estimate of drug-likeness (QED) is 0.188. The predicted molar refractivity (Wildman–Crippen MR) is 213 cm³/mol. The molecule has 0 N–H and O–H groups in total. The highest BCUT2D eigenvalue weighted by Gasteiger charge is 2.21. The molecule has 0 saturated heterocycles. The van der Waals surface area contributed by atoms with Gasteiger partial charge in [-0.15, -0.1) is 0 Å². The lowest BCUT2D eigenvalue weighted by molar-refractivity contribution is 0.669. The molecule has 0 bridgehead atoms. The number of para-hydroxylation sites is 1. The van der Waals surface area contributed by atoms with Gasteiger partial charge in [0.05, 0.1) is 11.0 Å².